The smallest absolute Gasteiger partial charge is 0.120 e. The Bertz CT molecular complexity index is 93.7. The Kier molecular flexibility index (Phi) is 3.78. The van der Waals surface area contributed by atoms with Crippen LogP contribution in [0.1, 0.15) is 0 Å². The molecule has 0 bridgehead atoms. The minimum atomic E-state index is -0.266. The minimum Gasteiger partial charge on any atom is -0.379 e. The molecule has 0 spiro atoms. The molecule has 4 heteroatoms. The van der Waals surface area contributed by atoms with Gasteiger partial charge in [0.25, 0.3) is 0 Å². The zero-order valence-corrected chi connectivity index (χ0v) is 7.24. The fourth-order valence-electron chi connectivity index (χ4n) is 0.979. The first kappa shape index (κ1) is 8.60. The highest BCUT2D eigenvalue weighted by molar-refractivity contribution is 6.44. The fraction of sp³-hybridized carbons (Fsp3) is 1.00. The predicted molar refractivity (Wildman–Crippen MR) is 42.8 cm³/mol. The summed E-state index contributed by atoms with van der Waals surface area (Å²) in [5.41, 5.74) is 0. The van der Waals surface area contributed by atoms with Crippen LogP contribution in [0.25, 0.3) is 0 Å². The van der Waals surface area contributed by atoms with Crippen LogP contribution in [0.4, 0.5) is 0 Å². The third-order valence-electron chi connectivity index (χ3n) is 1.50. The molecule has 0 aromatic rings. The summed E-state index contributed by atoms with van der Waals surface area (Å²) in [4.78, 5) is 1.94. The highest BCUT2D eigenvalue weighted by Crippen LogP contribution is 2.06. The van der Waals surface area contributed by atoms with Gasteiger partial charge in [-0.05, 0) is 0 Å². The van der Waals surface area contributed by atoms with E-state index >= 15 is 0 Å². The molecule has 0 aromatic heterocycles. The summed E-state index contributed by atoms with van der Waals surface area (Å²) < 4.78 is 5.15. The van der Waals surface area contributed by atoms with E-state index in [1.807, 2.05) is 0 Å². The van der Waals surface area contributed by atoms with Crippen molar-refractivity contribution in [3.8, 4) is 0 Å². The first-order chi connectivity index (χ1) is 4.79. The van der Waals surface area contributed by atoms with E-state index in [4.69, 9.17) is 27.9 Å². The number of rotatable bonds is 2. The largest absolute Gasteiger partial charge is 0.379 e. The third kappa shape index (κ3) is 3.06. The second-order valence-electron chi connectivity index (χ2n) is 2.30. The van der Waals surface area contributed by atoms with Gasteiger partial charge in [0.05, 0.1) is 13.2 Å². The first-order valence-corrected chi connectivity index (χ1v) is 4.24. The molecule has 1 rings (SSSR count). The summed E-state index contributed by atoms with van der Waals surface area (Å²) in [6.45, 7) is 4.28. The van der Waals surface area contributed by atoms with Crippen molar-refractivity contribution in [3.63, 3.8) is 0 Å². The van der Waals surface area contributed by atoms with Gasteiger partial charge in [0, 0.05) is 19.6 Å². The van der Waals surface area contributed by atoms with Gasteiger partial charge in [-0.3, -0.25) is 4.90 Å². The van der Waals surface area contributed by atoms with E-state index in [9.17, 15) is 0 Å². The number of ether oxygens (including phenoxy) is 1. The van der Waals surface area contributed by atoms with Crippen molar-refractivity contribution in [2.45, 2.75) is 4.84 Å². The van der Waals surface area contributed by atoms with Gasteiger partial charge in [-0.25, -0.2) is 0 Å². The molecule has 0 aliphatic carbocycles. The molecule has 60 valence electrons. The molecule has 0 unspecified atom stereocenters. The normalized spacial score (nSPS) is 21.9. The molecule has 0 aromatic carbocycles. The van der Waals surface area contributed by atoms with E-state index in [1.54, 1.807) is 0 Å². The fourth-order valence-corrected chi connectivity index (χ4v) is 1.37. The van der Waals surface area contributed by atoms with Gasteiger partial charge in [0.2, 0.25) is 0 Å². The van der Waals surface area contributed by atoms with Crippen LogP contribution in [0.2, 0.25) is 0 Å². The molecule has 0 radical (unpaired) electrons. The van der Waals surface area contributed by atoms with Crippen LogP contribution in [0.15, 0.2) is 0 Å². The highest BCUT2D eigenvalue weighted by Gasteiger charge is 2.12. The lowest BCUT2D eigenvalue weighted by atomic mass is 10.4. The molecule has 0 amide bonds. The molecule has 0 atom stereocenters. The molecule has 1 aliphatic rings. The van der Waals surface area contributed by atoms with Crippen molar-refractivity contribution < 1.29 is 4.74 Å². The summed E-state index contributed by atoms with van der Waals surface area (Å²) >= 11 is 11.2. The number of hydrogen-bond acceptors (Lipinski definition) is 2. The van der Waals surface area contributed by atoms with E-state index in [0.29, 0.717) is 0 Å². The van der Waals surface area contributed by atoms with E-state index in [2.05, 4.69) is 4.90 Å². The van der Waals surface area contributed by atoms with E-state index in [1.165, 1.54) is 0 Å². The van der Waals surface area contributed by atoms with Crippen LogP contribution in [0.3, 0.4) is 0 Å². The van der Waals surface area contributed by atoms with E-state index < -0.39 is 0 Å². The highest BCUT2D eigenvalue weighted by atomic mass is 35.5. The van der Waals surface area contributed by atoms with Gasteiger partial charge in [0.15, 0.2) is 0 Å². The third-order valence-corrected chi connectivity index (χ3v) is 1.78. The van der Waals surface area contributed by atoms with Gasteiger partial charge in [-0.1, -0.05) is 0 Å². The lowest BCUT2D eigenvalue weighted by Gasteiger charge is -2.26. The Morgan fingerprint density at radius 1 is 1.30 bits per heavy atom. The standard InChI is InChI=1S/C6H11Cl2NO/c7-6(8)5-9-1-3-10-4-2-9/h6H,1-5H2. The first-order valence-electron chi connectivity index (χ1n) is 3.37. The lowest BCUT2D eigenvalue weighted by Crippen LogP contribution is -2.38. The topological polar surface area (TPSA) is 12.5 Å². The van der Waals surface area contributed by atoms with Crippen molar-refractivity contribution in [2.24, 2.45) is 0 Å². The quantitative estimate of drug-likeness (QED) is 0.596. The van der Waals surface area contributed by atoms with Crippen LogP contribution < -0.4 is 0 Å². The van der Waals surface area contributed by atoms with Gasteiger partial charge >= 0.3 is 0 Å². The SMILES string of the molecule is ClC(Cl)CN1CCOCC1. The molecular weight excluding hydrogens is 173 g/mol. The minimum absolute atomic E-state index is 0.266. The van der Waals surface area contributed by atoms with Crippen molar-refractivity contribution in [2.75, 3.05) is 32.8 Å². The molecule has 1 saturated heterocycles. The second kappa shape index (κ2) is 4.39. The molecule has 1 fully saturated rings. The van der Waals surface area contributed by atoms with Gasteiger partial charge in [-0.2, -0.15) is 0 Å². The zero-order chi connectivity index (χ0) is 7.40. The van der Waals surface area contributed by atoms with Crippen molar-refractivity contribution in [1.82, 2.24) is 4.90 Å². The monoisotopic (exact) mass is 183 g/mol. The average Bonchev–Trinajstić information content (AvgIpc) is 1.88. The van der Waals surface area contributed by atoms with Crippen LogP contribution >= 0.6 is 23.2 Å². The average molecular weight is 184 g/mol. The maximum Gasteiger partial charge on any atom is 0.120 e. The van der Waals surface area contributed by atoms with Gasteiger partial charge < -0.3 is 4.74 Å². The van der Waals surface area contributed by atoms with E-state index in [0.717, 1.165) is 32.8 Å². The lowest BCUT2D eigenvalue weighted by molar-refractivity contribution is 0.0399. The Hall–Kier alpha value is 0.500. The second-order valence-corrected chi connectivity index (χ2v) is 3.58. The molecule has 0 N–H and O–H groups in total. The van der Waals surface area contributed by atoms with Crippen molar-refractivity contribution in [3.05, 3.63) is 0 Å². The summed E-state index contributed by atoms with van der Waals surface area (Å²) in [5, 5.41) is 0. The maximum absolute atomic E-state index is 5.59. The predicted octanol–water partition coefficient (Wildman–Crippen LogP) is 1.12. The van der Waals surface area contributed by atoms with Crippen molar-refractivity contribution in [1.29, 1.82) is 0 Å². The summed E-state index contributed by atoms with van der Waals surface area (Å²) in [6.07, 6.45) is 0. The molecule has 1 heterocycles. The number of morpholine rings is 1. The number of halogens is 2. The maximum atomic E-state index is 5.59. The number of alkyl halides is 2. The summed E-state index contributed by atoms with van der Waals surface area (Å²) in [6, 6.07) is 0. The van der Waals surface area contributed by atoms with Gasteiger partial charge in [-0.15, -0.1) is 23.2 Å². The zero-order valence-electron chi connectivity index (χ0n) is 5.72. The van der Waals surface area contributed by atoms with Crippen LogP contribution in [0, 0.1) is 0 Å². The van der Waals surface area contributed by atoms with Crippen molar-refractivity contribution >= 4 is 23.2 Å². The van der Waals surface area contributed by atoms with Gasteiger partial charge in [0.1, 0.15) is 4.84 Å². The van der Waals surface area contributed by atoms with Crippen LogP contribution in [0.5, 0.6) is 0 Å². The number of hydrogen-bond donors (Lipinski definition) is 0. The molecule has 2 nitrogen and oxygen atoms in total. The Labute approximate surface area is 71.0 Å². The van der Waals surface area contributed by atoms with Crippen LogP contribution in [-0.4, -0.2) is 42.6 Å². The number of nitrogens with zero attached hydrogens (tertiary/aromatic N) is 1. The Morgan fingerprint density at radius 2 is 1.90 bits per heavy atom. The summed E-state index contributed by atoms with van der Waals surface area (Å²) in [7, 11) is 0. The summed E-state index contributed by atoms with van der Waals surface area (Å²) in [5.74, 6) is 0. The van der Waals surface area contributed by atoms with Crippen LogP contribution in [-0.2, 0) is 4.74 Å². The Balaban J connectivity index is 2.13. The molecule has 0 saturated carbocycles. The Morgan fingerprint density at radius 3 is 2.40 bits per heavy atom. The molecule has 10 heavy (non-hydrogen) atoms. The van der Waals surface area contributed by atoms with E-state index in [-0.39, 0.29) is 4.84 Å². The molecule has 1 aliphatic heterocycles. The molecular formula is C6H11Cl2NO.